The summed E-state index contributed by atoms with van der Waals surface area (Å²) in [4.78, 5) is 13.3. The highest BCUT2D eigenvalue weighted by molar-refractivity contribution is 7.81. The lowest BCUT2D eigenvalue weighted by Crippen LogP contribution is -2.06. The molecule has 1 N–H and O–H groups in total. The first-order valence-electron chi connectivity index (χ1n) is 4.31. The third-order valence-electron chi connectivity index (χ3n) is 1.92. The molecule has 10 heteroatoms. The van der Waals surface area contributed by atoms with Crippen LogP contribution in [0.3, 0.4) is 0 Å². The Hall–Kier alpha value is -2.32. The summed E-state index contributed by atoms with van der Waals surface area (Å²) in [6, 6.07) is 1.92. The molecule has 0 heterocycles. The van der Waals surface area contributed by atoms with Gasteiger partial charge in [0.1, 0.15) is 5.75 Å². The van der Waals surface area contributed by atoms with Gasteiger partial charge in [0.15, 0.2) is 0 Å². The Morgan fingerprint density at radius 1 is 1.56 bits per heavy atom. The summed E-state index contributed by atoms with van der Waals surface area (Å²) in [7, 11) is -5.30. The van der Waals surface area contributed by atoms with Gasteiger partial charge in [-0.2, -0.15) is 8.42 Å². The second kappa shape index (κ2) is 4.90. The highest BCUT2D eigenvalue weighted by atomic mass is 32.3. The lowest BCUT2D eigenvalue weighted by Gasteiger charge is -2.08. The molecule has 0 amide bonds. The molecule has 0 bridgehead atoms. The normalized spacial score (nSPS) is 10.6. The molecule has 8 nitrogen and oxygen atoms in total. The highest BCUT2D eigenvalue weighted by Gasteiger charge is 2.18. The van der Waals surface area contributed by atoms with Crippen LogP contribution in [0.15, 0.2) is 17.2 Å². The van der Waals surface area contributed by atoms with Crippen LogP contribution in [0, 0.1) is 6.92 Å². The lowest BCUT2D eigenvalue weighted by atomic mass is 10.1. The van der Waals surface area contributed by atoms with E-state index in [0.29, 0.717) is 0 Å². The molecule has 18 heavy (non-hydrogen) atoms. The predicted molar refractivity (Wildman–Crippen MR) is 57.6 cm³/mol. The lowest BCUT2D eigenvalue weighted by molar-refractivity contribution is 0.0695. The average molecular weight is 275 g/mol. The smallest absolute Gasteiger partial charge is 0.478 e. The zero-order chi connectivity index (χ0) is 13.9. The fourth-order valence-electron chi connectivity index (χ4n) is 1.20. The van der Waals surface area contributed by atoms with E-state index in [1.54, 1.807) is 0 Å². The highest BCUT2D eigenvalue weighted by Crippen LogP contribution is 2.30. The van der Waals surface area contributed by atoms with Crippen molar-refractivity contribution in [2.24, 2.45) is 5.11 Å². The average Bonchev–Trinajstić information content (AvgIpc) is 2.20. The van der Waals surface area contributed by atoms with Gasteiger partial charge in [0.2, 0.25) is 0 Å². The standard InChI is InChI=1S/C8H6FN3O5S/c1-4-6(8(13)14)2-5(11-12-10)3-7(4)17-18(9,15)16/h2-3H,1H3,(H,13,14). The van der Waals surface area contributed by atoms with E-state index >= 15 is 0 Å². The number of hydrogen-bond donors (Lipinski definition) is 1. The largest absolute Gasteiger partial charge is 0.488 e. The van der Waals surface area contributed by atoms with Gasteiger partial charge in [0.05, 0.1) is 5.56 Å². The number of rotatable bonds is 4. The molecule has 1 rings (SSSR count). The van der Waals surface area contributed by atoms with Crippen molar-refractivity contribution in [1.82, 2.24) is 0 Å². The summed E-state index contributed by atoms with van der Waals surface area (Å²) in [6.07, 6.45) is 0. The molecule has 0 saturated heterocycles. The van der Waals surface area contributed by atoms with Gasteiger partial charge in [-0.15, -0.1) is 0 Å². The fraction of sp³-hybridized carbons (Fsp3) is 0.125. The topological polar surface area (TPSA) is 129 Å². The number of carboxylic acid groups (broad SMARTS) is 1. The summed E-state index contributed by atoms with van der Waals surface area (Å²) < 4.78 is 37.1. The number of carboxylic acids is 1. The van der Waals surface area contributed by atoms with Crippen LogP contribution in [0.25, 0.3) is 10.4 Å². The number of nitrogens with zero attached hydrogens (tertiary/aromatic N) is 3. The van der Waals surface area contributed by atoms with Crippen LogP contribution in [0.1, 0.15) is 15.9 Å². The van der Waals surface area contributed by atoms with Crippen molar-refractivity contribution < 1.29 is 26.4 Å². The van der Waals surface area contributed by atoms with Crippen LogP contribution >= 0.6 is 0 Å². The van der Waals surface area contributed by atoms with Crippen LogP contribution < -0.4 is 4.18 Å². The van der Waals surface area contributed by atoms with Crippen LogP contribution in [0.5, 0.6) is 5.75 Å². The predicted octanol–water partition coefficient (Wildman–Crippen LogP) is 2.23. The molecule has 0 radical (unpaired) electrons. The van der Waals surface area contributed by atoms with Gasteiger partial charge in [-0.25, -0.2) is 4.79 Å². The Balaban J connectivity index is 3.49. The van der Waals surface area contributed by atoms with Crippen LogP contribution in [0.4, 0.5) is 9.57 Å². The number of hydrogen-bond acceptors (Lipinski definition) is 5. The quantitative estimate of drug-likeness (QED) is 0.389. The molecule has 0 fully saturated rings. The molecular weight excluding hydrogens is 269 g/mol. The molecule has 0 atom stereocenters. The van der Waals surface area contributed by atoms with Gasteiger partial charge < -0.3 is 9.29 Å². The molecule has 1 aromatic rings. The van der Waals surface area contributed by atoms with E-state index in [2.05, 4.69) is 14.2 Å². The summed E-state index contributed by atoms with van der Waals surface area (Å²) in [6.45, 7) is 1.23. The molecule has 0 saturated carbocycles. The van der Waals surface area contributed by atoms with E-state index in [1.807, 2.05) is 0 Å². The van der Waals surface area contributed by atoms with Gasteiger partial charge in [0.25, 0.3) is 0 Å². The monoisotopic (exact) mass is 275 g/mol. The molecule has 0 spiro atoms. The third kappa shape index (κ3) is 3.34. The maximum Gasteiger partial charge on any atom is 0.488 e. The van der Waals surface area contributed by atoms with E-state index < -0.39 is 22.2 Å². The molecule has 0 aliphatic rings. The first kappa shape index (κ1) is 13.7. The molecule has 1 aromatic carbocycles. The van der Waals surface area contributed by atoms with Crippen molar-refractivity contribution in [3.8, 4) is 5.75 Å². The van der Waals surface area contributed by atoms with Crippen LogP contribution in [0.2, 0.25) is 0 Å². The number of benzene rings is 1. The van der Waals surface area contributed by atoms with E-state index in [4.69, 9.17) is 10.6 Å². The minimum atomic E-state index is -5.30. The van der Waals surface area contributed by atoms with Crippen molar-refractivity contribution in [3.05, 3.63) is 33.7 Å². The molecule has 0 aliphatic carbocycles. The van der Waals surface area contributed by atoms with Gasteiger partial charge in [0, 0.05) is 16.2 Å². The molecule has 0 unspecified atom stereocenters. The zero-order valence-electron chi connectivity index (χ0n) is 8.86. The van der Waals surface area contributed by atoms with Crippen LogP contribution in [-0.2, 0) is 10.5 Å². The maximum atomic E-state index is 12.4. The van der Waals surface area contributed by atoms with Crippen molar-refractivity contribution >= 4 is 22.2 Å². The minimum Gasteiger partial charge on any atom is -0.478 e. The van der Waals surface area contributed by atoms with Gasteiger partial charge in [-0.1, -0.05) is 9.00 Å². The summed E-state index contributed by atoms with van der Waals surface area (Å²) in [5, 5.41) is 11.9. The van der Waals surface area contributed by atoms with Crippen LogP contribution in [-0.4, -0.2) is 19.5 Å². The Bertz CT molecular complexity index is 651. The van der Waals surface area contributed by atoms with Gasteiger partial charge in [-0.3, -0.25) is 0 Å². The molecule has 96 valence electrons. The van der Waals surface area contributed by atoms with E-state index in [0.717, 1.165) is 12.1 Å². The Kier molecular flexibility index (Phi) is 3.74. The Morgan fingerprint density at radius 3 is 2.61 bits per heavy atom. The molecule has 0 aromatic heterocycles. The first-order valence-corrected chi connectivity index (χ1v) is 5.62. The summed E-state index contributed by atoms with van der Waals surface area (Å²) in [5.41, 5.74) is 7.54. The van der Waals surface area contributed by atoms with Crippen molar-refractivity contribution in [1.29, 1.82) is 0 Å². The molecular formula is C8H6FN3O5S. The summed E-state index contributed by atoms with van der Waals surface area (Å²) in [5.74, 6) is -1.96. The maximum absolute atomic E-state index is 12.4. The number of azide groups is 1. The van der Waals surface area contributed by atoms with Gasteiger partial charge in [-0.05, 0) is 24.6 Å². The van der Waals surface area contributed by atoms with Crippen molar-refractivity contribution in [2.75, 3.05) is 0 Å². The number of carbonyl (C=O) groups is 1. The summed E-state index contributed by atoms with van der Waals surface area (Å²) >= 11 is 0. The third-order valence-corrected chi connectivity index (χ3v) is 2.30. The minimum absolute atomic E-state index is 0.111. The second-order valence-corrected chi connectivity index (χ2v) is 4.04. The Labute approximate surface area is 101 Å². The Morgan fingerprint density at radius 2 is 2.17 bits per heavy atom. The number of halogens is 1. The van der Waals surface area contributed by atoms with E-state index in [-0.39, 0.29) is 16.8 Å². The fourth-order valence-corrected chi connectivity index (χ4v) is 1.59. The van der Waals surface area contributed by atoms with Crippen molar-refractivity contribution in [2.45, 2.75) is 6.92 Å². The zero-order valence-corrected chi connectivity index (χ0v) is 9.68. The number of aromatic carboxylic acids is 1. The van der Waals surface area contributed by atoms with E-state index in [1.165, 1.54) is 6.92 Å². The first-order chi connectivity index (χ1) is 8.24. The van der Waals surface area contributed by atoms with E-state index in [9.17, 15) is 17.1 Å². The van der Waals surface area contributed by atoms with Gasteiger partial charge >= 0.3 is 16.5 Å². The second-order valence-electron chi connectivity index (χ2n) is 3.09. The SMILES string of the molecule is Cc1c(OS(=O)(=O)F)cc(N=[N+]=[N-])cc1C(=O)O. The molecule has 0 aliphatic heterocycles. The van der Waals surface area contributed by atoms with Crippen molar-refractivity contribution in [3.63, 3.8) is 0 Å².